The topological polar surface area (TPSA) is 72.6 Å². The molecule has 134 valence electrons. The molecule has 0 bridgehead atoms. The predicted molar refractivity (Wildman–Crippen MR) is 95.5 cm³/mol. The first-order valence-electron chi connectivity index (χ1n) is 9.72. The molecule has 1 unspecified atom stereocenters. The Morgan fingerprint density at radius 3 is 2.60 bits per heavy atom. The summed E-state index contributed by atoms with van der Waals surface area (Å²) in [5, 5.41) is 17.9. The van der Waals surface area contributed by atoms with E-state index in [9.17, 15) is 0 Å². The molecule has 0 spiro atoms. The van der Waals surface area contributed by atoms with Crippen molar-refractivity contribution in [1.29, 1.82) is 0 Å². The van der Waals surface area contributed by atoms with E-state index in [0.717, 1.165) is 74.2 Å². The number of nitrogens with zero attached hydrogens (tertiary/aromatic N) is 7. The van der Waals surface area contributed by atoms with Gasteiger partial charge in [-0.3, -0.25) is 0 Å². The standard InChI is InChI=1S/C18H27N7/c1-3-13-14(4-2)20-23-18(19-13)24-12-8-9-15(24)17-22-21-16-10-6-5-7-11-25(16)17/h15H,3-12H2,1-2H3. The van der Waals surface area contributed by atoms with Gasteiger partial charge in [-0.25, -0.2) is 4.98 Å². The van der Waals surface area contributed by atoms with Crippen LogP contribution in [0.15, 0.2) is 0 Å². The lowest BCUT2D eigenvalue weighted by Crippen LogP contribution is -2.28. The lowest BCUT2D eigenvalue weighted by Gasteiger charge is -2.24. The Morgan fingerprint density at radius 2 is 1.76 bits per heavy atom. The van der Waals surface area contributed by atoms with E-state index in [0.29, 0.717) is 0 Å². The first-order chi connectivity index (χ1) is 12.3. The number of hydrogen-bond acceptors (Lipinski definition) is 6. The molecule has 2 aromatic rings. The van der Waals surface area contributed by atoms with Gasteiger partial charge in [0.1, 0.15) is 5.82 Å². The Kier molecular flexibility index (Phi) is 4.63. The largest absolute Gasteiger partial charge is 0.329 e. The van der Waals surface area contributed by atoms with Gasteiger partial charge in [-0.1, -0.05) is 20.3 Å². The van der Waals surface area contributed by atoms with Crippen LogP contribution in [0.2, 0.25) is 0 Å². The van der Waals surface area contributed by atoms with E-state index in [1.807, 2.05) is 0 Å². The maximum absolute atomic E-state index is 4.83. The molecule has 0 aliphatic carbocycles. The zero-order valence-corrected chi connectivity index (χ0v) is 15.3. The fourth-order valence-electron chi connectivity index (χ4n) is 4.08. The third-order valence-electron chi connectivity index (χ3n) is 5.44. The maximum Gasteiger partial charge on any atom is 0.246 e. The van der Waals surface area contributed by atoms with Gasteiger partial charge in [0.25, 0.3) is 0 Å². The third kappa shape index (κ3) is 3.00. The Balaban J connectivity index is 1.66. The van der Waals surface area contributed by atoms with E-state index in [-0.39, 0.29) is 6.04 Å². The fourth-order valence-corrected chi connectivity index (χ4v) is 4.08. The highest BCUT2D eigenvalue weighted by Gasteiger charge is 2.33. The molecule has 0 N–H and O–H groups in total. The van der Waals surface area contributed by atoms with Crippen LogP contribution in [0.3, 0.4) is 0 Å². The van der Waals surface area contributed by atoms with Crippen LogP contribution in [0.25, 0.3) is 0 Å². The number of aryl methyl sites for hydroxylation is 3. The van der Waals surface area contributed by atoms with Crippen LogP contribution in [-0.2, 0) is 25.8 Å². The number of aromatic nitrogens is 6. The fraction of sp³-hybridized carbons (Fsp3) is 0.722. The molecule has 4 rings (SSSR count). The van der Waals surface area contributed by atoms with Crippen LogP contribution in [0.4, 0.5) is 5.95 Å². The van der Waals surface area contributed by atoms with E-state index in [4.69, 9.17) is 4.98 Å². The van der Waals surface area contributed by atoms with Gasteiger partial charge in [0, 0.05) is 19.5 Å². The average Bonchev–Trinajstić information content (AvgIpc) is 3.22. The van der Waals surface area contributed by atoms with Crippen molar-refractivity contribution in [2.24, 2.45) is 0 Å². The monoisotopic (exact) mass is 341 g/mol. The Bertz CT molecular complexity index is 739. The summed E-state index contributed by atoms with van der Waals surface area (Å²) < 4.78 is 2.35. The van der Waals surface area contributed by atoms with E-state index >= 15 is 0 Å². The normalized spacial score (nSPS) is 20.6. The summed E-state index contributed by atoms with van der Waals surface area (Å²) in [7, 11) is 0. The Morgan fingerprint density at radius 1 is 0.880 bits per heavy atom. The molecule has 2 aromatic heterocycles. The summed E-state index contributed by atoms with van der Waals surface area (Å²) in [6.45, 7) is 6.24. The smallest absolute Gasteiger partial charge is 0.246 e. The molecule has 0 saturated carbocycles. The zero-order valence-electron chi connectivity index (χ0n) is 15.3. The van der Waals surface area contributed by atoms with Crippen molar-refractivity contribution in [3.63, 3.8) is 0 Å². The number of fused-ring (bicyclic) bond motifs is 1. The lowest BCUT2D eigenvalue weighted by molar-refractivity contribution is 0.554. The van der Waals surface area contributed by atoms with Crippen LogP contribution in [0.5, 0.6) is 0 Å². The molecule has 0 amide bonds. The van der Waals surface area contributed by atoms with Crippen molar-refractivity contribution in [1.82, 2.24) is 29.9 Å². The summed E-state index contributed by atoms with van der Waals surface area (Å²) in [5.74, 6) is 2.99. The average molecular weight is 341 g/mol. The second-order valence-electron chi connectivity index (χ2n) is 7.00. The molecule has 1 fully saturated rings. The molecule has 25 heavy (non-hydrogen) atoms. The molecule has 7 nitrogen and oxygen atoms in total. The molecule has 4 heterocycles. The quantitative estimate of drug-likeness (QED) is 0.851. The highest BCUT2D eigenvalue weighted by Crippen LogP contribution is 2.34. The molecule has 0 aromatic carbocycles. The lowest BCUT2D eigenvalue weighted by atomic mass is 10.2. The van der Waals surface area contributed by atoms with Crippen molar-refractivity contribution in [3.8, 4) is 0 Å². The minimum absolute atomic E-state index is 0.221. The number of hydrogen-bond donors (Lipinski definition) is 0. The van der Waals surface area contributed by atoms with Gasteiger partial charge in [-0.15, -0.1) is 15.3 Å². The summed E-state index contributed by atoms with van der Waals surface area (Å²) in [6, 6.07) is 0.221. The van der Waals surface area contributed by atoms with E-state index in [1.165, 1.54) is 19.3 Å². The molecular weight excluding hydrogens is 314 g/mol. The molecule has 7 heteroatoms. The predicted octanol–water partition coefficient (Wildman–Crippen LogP) is 2.66. The van der Waals surface area contributed by atoms with Crippen molar-refractivity contribution >= 4 is 5.95 Å². The van der Waals surface area contributed by atoms with Crippen LogP contribution in [-0.4, -0.2) is 36.5 Å². The summed E-state index contributed by atoms with van der Waals surface area (Å²) >= 11 is 0. The van der Waals surface area contributed by atoms with Crippen molar-refractivity contribution < 1.29 is 0 Å². The van der Waals surface area contributed by atoms with Gasteiger partial charge >= 0.3 is 0 Å². The van der Waals surface area contributed by atoms with Crippen molar-refractivity contribution in [2.75, 3.05) is 11.4 Å². The van der Waals surface area contributed by atoms with Crippen molar-refractivity contribution in [3.05, 3.63) is 23.0 Å². The van der Waals surface area contributed by atoms with Crippen LogP contribution < -0.4 is 4.90 Å². The third-order valence-corrected chi connectivity index (χ3v) is 5.44. The summed E-state index contributed by atoms with van der Waals surface area (Å²) in [4.78, 5) is 7.12. The van der Waals surface area contributed by atoms with E-state index in [2.05, 4.69) is 43.7 Å². The van der Waals surface area contributed by atoms with Crippen LogP contribution in [0.1, 0.15) is 75.0 Å². The first-order valence-corrected chi connectivity index (χ1v) is 9.72. The first kappa shape index (κ1) is 16.4. The SMILES string of the molecule is CCc1nnc(N2CCCC2c2nnc3n2CCCCC3)nc1CC. The summed E-state index contributed by atoms with van der Waals surface area (Å²) in [5.41, 5.74) is 2.08. The highest BCUT2D eigenvalue weighted by atomic mass is 15.4. The van der Waals surface area contributed by atoms with Gasteiger partial charge in [0.2, 0.25) is 5.95 Å². The van der Waals surface area contributed by atoms with Gasteiger partial charge in [-0.05, 0) is 38.5 Å². The van der Waals surface area contributed by atoms with Crippen LogP contribution in [0, 0.1) is 0 Å². The van der Waals surface area contributed by atoms with Crippen molar-refractivity contribution in [2.45, 2.75) is 77.8 Å². The molecule has 1 saturated heterocycles. The highest BCUT2D eigenvalue weighted by molar-refractivity contribution is 5.36. The van der Waals surface area contributed by atoms with Gasteiger partial charge in [-0.2, -0.15) is 5.10 Å². The van der Waals surface area contributed by atoms with Crippen LogP contribution >= 0.6 is 0 Å². The molecular formula is C18H27N7. The molecule has 0 radical (unpaired) electrons. The van der Waals surface area contributed by atoms with E-state index in [1.54, 1.807) is 0 Å². The molecule has 2 aliphatic heterocycles. The number of rotatable bonds is 4. The Labute approximate surface area is 148 Å². The Hall–Kier alpha value is -2.05. The van der Waals surface area contributed by atoms with Gasteiger partial charge in [0.05, 0.1) is 17.4 Å². The van der Waals surface area contributed by atoms with Gasteiger partial charge in [0.15, 0.2) is 5.82 Å². The van der Waals surface area contributed by atoms with Gasteiger partial charge < -0.3 is 9.47 Å². The maximum atomic E-state index is 4.83. The second-order valence-corrected chi connectivity index (χ2v) is 7.00. The number of anilines is 1. The summed E-state index contributed by atoms with van der Waals surface area (Å²) in [6.07, 6.45) is 8.75. The minimum Gasteiger partial charge on any atom is -0.329 e. The second kappa shape index (κ2) is 7.06. The minimum atomic E-state index is 0.221. The molecule has 1 atom stereocenters. The zero-order chi connectivity index (χ0) is 17.2. The molecule has 2 aliphatic rings. The van der Waals surface area contributed by atoms with E-state index < -0.39 is 0 Å².